The zero-order chi connectivity index (χ0) is 5.98. The number of rotatable bonds is 0. The molecule has 0 amide bonds. The first-order valence-electron chi connectivity index (χ1n) is 2.53. The molecule has 0 spiro atoms. The van der Waals surface area contributed by atoms with Gasteiger partial charge in [0, 0.05) is 0 Å². The van der Waals surface area contributed by atoms with E-state index in [4.69, 9.17) is 0 Å². The predicted molar refractivity (Wildman–Crippen MR) is 30.6 cm³/mol. The highest BCUT2D eigenvalue weighted by molar-refractivity contribution is 5.24. The Balaban J connectivity index is 3.08. The molecule has 0 N–H and O–H groups in total. The molecular weight excluding hydrogens is 100 g/mol. The number of aryl methyl sites for hydroxylation is 1. The molecule has 0 saturated carbocycles. The van der Waals surface area contributed by atoms with Gasteiger partial charge in [-0.1, -0.05) is 29.8 Å². The molecule has 1 aromatic rings. The average Bonchev–Trinajstić information content (AvgIpc) is 1.64. The van der Waals surface area contributed by atoms with Gasteiger partial charge in [-0.3, -0.25) is 0 Å². The summed E-state index contributed by atoms with van der Waals surface area (Å²) in [4.78, 5) is 0. The van der Waals surface area contributed by atoms with Crippen LogP contribution in [0.15, 0.2) is 24.3 Å². The van der Waals surface area contributed by atoms with Gasteiger partial charge in [-0.15, -0.1) is 5.75 Å². The van der Waals surface area contributed by atoms with Gasteiger partial charge in [0.05, 0.1) is 0 Å². The minimum atomic E-state index is 0.0880. The Kier molecular flexibility index (Phi) is 1.20. The molecule has 0 fully saturated rings. The molecule has 0 radical (unpaired) electrons. The largest absolute Gasteiger partial charge is 0.872 e. The number of benzene rings is 1. The van der Waals surface area contributed by atoms with Gasteiger partial charge in [0.25, 0.3) is 0 Å². The monoisotopic (exact) mass is 107 g/mol. The van der Waals surface area contributed by atoms with Gasteiger partial charge >= 0.3 is 0 Å². The van der Waals surface area contributed by atoms with Gasteiger partial charge in [0.15, 0.2) is 0 Å². The highest BCUT2D eigenvalue weighted by Gasteiger charge is 1.76. The third-order valence-corrected chi connectivity index (χ3v) is 0.990. The lowest BCUT2D eigenvalue weighted by Crippen LogP contribution is -1.87. The van der Waals surface area contributed by atoms with E-state index < -0.39 is 0 Å². The molecule has 0 unspecified atom stereocenters. The van der Waals surface area contributed by atoms with Crippen LogP contribution in [0.25, 0.3) is 0 Å². The van der Waals surface area contributed by atoms with E-state index in [0.29, 0.717) is 0 Å². The van der Waals surface area contributed by atoms with E-state index in [1.165, 1.54) is 0 Å². The lowest BCUT2D eigenvalue weighted by molar-refractivity contribution is -0.268. The maximum atomic E-state index is 10.5. The smallest absolute Gasteiger partial charge is 0.0398 e. The summed E-state index contributed by atoms with van der Waals surface area (Å²) < 4.78 is 0. The minimum absolute atomic E-state index is 0.0880. The number of hydrogen-bond donors (Lipinski definition) is 0. The van der Waals surface area contributed by atoms with Crippen LogP contribution >= 0.6 is 0 Å². The summed E-state index contributed by atoms with van der Waals surface area (Å²) in [5.74, 6) is 0.0880. The minimum Gasteiger partial charge on any atom is -0.872 e. The summed E-state index contributed by atoms with van der Waals surface area (Å²) in [7, 11) is 0. The van der Waals surface area contributed by atoms with Crippen molar-refractivity contribution in [3.05, 3.63) is 29.8 Å². The van der Waals surface area contributed by atoms with Crippen LogP contribution in [0, 0.1) is 6.92 Å². The third-order valence-electron chi connectivity index (χ3n) is 0.990. The van der Waals surface area contributed by atoms with Crippen LogP contribution in [0.3, 0.4) is 0 Å². The molecule has 0 saturated heterocycles. The van der Waals surface area contributed by atoms with E-state index in [1.807, 2.05) is 13.0 Å². The van der Waals surface area contributed by atoms with Crippen molar-refractivity contribution in [3.8, 4) is 5.75 Å². The van der Waals surface area contributed by atoms with Crippen LogP contribution in [0.4, 0.5) is 0 Å². The van der Waals surface area contributed by atoms with E-state index >= 15 is 0 Å². The summed E-state index contributed by atoms with van der Waals surface area (Å²) >= 11 is 0. The Hall–Kier alpha value is -0.980. The average molecular weight is 107 g/mol. The van der Waals surface area contributed by atoms with E-state index in [2.05, 4.69) is 0 Å². The van der Waals surface area contributed by atoms with Gasteiger partial charge in [0.1, 0.15) is 0 Å². The second-order valence-corrected chi connectivity index (χ2v) is 1.82. The fourth-order valence-corrected chi connectivity index (χ4v) is 0.615. The maximum Gasteiger partial charge on any atom is -0.0398 e. The Morgan fingerprint density at radius 3 is 2.50 bits per heavy atom. The molecule has 1 nitrogen and oxygen atoms in total. The van der Waals surface area contributed by atoms with Crippen LogP contribution in [0.1, 0.15) is 5.56 Å². The predicted octanol–water partition coefficient (Wildman–Crippen LogP) is 1.07. The highest BCUT2D eigenvalue weighted by atomic mass is 16.3. The van der Waals surface area contributed by atoms with Crippen molar-refractivity contribution in [2.75, 3.05) is 0 Å². The molecule has 0 atom stereocenters. The van der Waals surface area contributed by atoms with Crippen molar-refractivity contribution >= 4 is 0 Å². The van der Waals surface area contributed by atoms with E-state index in [9.17, 15) is 5.11 Å². The number of hydrogen-bond acceptors (Lipinski definition) is 1. The lowest BCUT2D eigenvalue weighted by Gasteiger charge is -2.02. The second kappa shape index (κ2) is 1.86. The zero-order valence-corrected chi connectivity index (χ0v) is 4.72. The summed E-state index contributed by atoms with van der Waals surface area (Å²) in [6, 6.07) is 6.83. The summed E-state index contributed by atoms with van der Waals surface area (Å²) in [6.45, 7) is 1.90. The van der Waals surface area contributed by atoms with Gasteiger partial charge in [0.2, 0.25) is 0 Å². The molecule has 0 aliphatic rings. The van der Waals surface area contributed by atoms with Crippen LogP contribution in [0.2, 0.25) is 0 Å². The lowest BCUT2D eigenvalue weighted by atomic mass is 10.2. The van der Waals surface area contributed by atoms with Crippen LogP contribution in [0.5, 0.6) is 5.75 Å². The first-order valence-corrected chi connectivity index (χ1v) is 2.53. The Bertz CT molecular complexity index is 164. The zero-order valence-electron chi connectivity index (χ0n) is 4.72. The van der Waals surface area contributed by atoms with Gasteiger partial charge in [-0.05, 0) is 6.92 Å². The van der Waals surface area contributed by atoms with Crippen LogP contribution < -0.4 is 5.11 Å². The molecule has 0 bridgehead atoms. The molecule has 8 heavy (non-hydrogen) atoms. The SMILES string of the molecule is Cc1cccc([O-])c1. The summed E-state index contributed by atoms with van der Waals surface area (Å²) in [6.07, 6.45) is 0. The van der Waals surface area contributed by atoms with E-state index in [0.717, 1.165) is 5.56 Å². The maximum absolute atomic E-state index is 10.5. The summed E-state index contributed by atoms with van der Waals surface area (Å²) in [5.41, 5.74) is 1.03. The van der Waals surface area contributed by atoms with Gasteiger partial charge in [-0.2, -0.15) is 0 Å². The van der Waals surface area contributed by atoms with Crippen molar-refractivity contribution in [2.45, 2.75) is 6.92 Å². The molecule has 0 aliphatic carbocycles. The molecule has 0 aliphatic heterocycles. The van der Waals surface area contributed by atoms with E-state index in [1.54, 1.807) is 18.2 Å². The van der Waals surface area contributed by atoms with E-state index in [-0.39, 0.29) is 5.75 Å². The Labute approximate surface area is 48.6 Å². The molecule has 1 heteroatoms. The molecule has 1 aromatic carbocycles. The van der Waals surface area contributed by atoms with Gasteiger partial charge < -0.3 is 5.11 Å². The molecular formula is C7H7O-. The Morgan fingerprint density at radius 2 is 2.12 bits per heavy atom. The molecule has 0 aromatic heterocycles. The summed E-state index contributed by atoms with van der Waals surface area (Å²) in [5, 5.41) is 10.5. The second-order valence-electron chi connectivity index (χ2n) is 1.82. The van der Waals surface area contributed by atoms with Crippen molar-refractivity contribution < 1.29 is 5.11 Å². The molecule has 42 valence electrons. The topological polar surface area (TPSA) is 23.1 Å². The quantitative estimate of drug-likeness (QED) is 0.486. The fourth-order valence-electron chi connectivity index (χ4n) is 0.615. The normalized spacial score (nSPS) is 9.12. The van der Waals surface area contributed by atoms with Crippen LogP contribution in [-0.2, 0) is 0 Å². The third kappa shape index (κ3) is 0.997. The van der Waals surface area contributed by atoms with Crippen molar-refractivity contribution in [1.29, 1.82) is 0 Å². The van der Waals surface area contributed by atoms with Gasteiger partial charge in [-0.25, -0.2) is 0 Å². The molecule has 1 rings (SSSR count). The highest BCUT2D eigenvalue weighted by Crippen LogP contribution is 2.04. The van der Waals surface area contributed by atoms with Crippen molar-refractivity contribution in [2.24, 2.45) is 0 Å². The fraction of sp³-hybridized carbons (Fsp3) is 0.143. The van der Waals surface area contributed by atoms with Crippen LogP contribution in [-0.4, -0.2) is 0 Å². The first kappa shape index (κ1) is 5.16. The Morgan fingerprint density at radius 1 is 1.38 bits per heavy atom. The first-order chi connectivity index (χ1) is 3.79. The van der Waals surface area contributed by atoms with Crippen molar-refractivity contribution in [3.63, 3.8) is 0 Å². The molecule has 0 heterocycles. The standard InChI is InChI=1S/C7H8O/c1-6-3-2-4-7(8)5-6/h2-5,8H,1H3/p-1. The van der Waals surface area contributed by atoms with Crippen molar-refractivity contribution in [1.82, 2.24) is 0 Å².